The summed E-state index contributed by atoms with van der Waals surface area (Å²) in [6.07, 6.45) is 2.48. The van der Waals surface area contributed by atoms with Gasteiger partial charge in [-0.3, -0.25) is 0 Å². The number of rotatable bonds is 14. The molecule has 0 saturated carbocycles. The van der Waals surface area contributed by atoms with E-state index in [1.807, 2.05) is 41.5 Å². The molecule has 0 aromatic rings. The molecule has 7 heteroatoms. The van der Waals surface area contributed by atoms with Crippen LogP contribution in [0.25, 0.3) is 0 Å². The molecule has 0 aliphatic heterocycles. The highest BCUT2D eigenvalue weighted by Crippen LogP contribution is 2.20. The van der Waals surface area contributed by atoms with E-state index in [1.165, 1.54) is 12.5 Å². The first-order valence-corrected chi connectivity index (χ1v) is 9.45. The molecule has 0 saturated heterocycles. The molecule has 0 fully saturated rings. The molecular weight excluding hydrogens is 352 g/mol. The van der Waals surface area contributed by atoms with Gasteiger partial charge in [0.1, 0.15) is 0 Å². The lowest BCUT2D eigenvalue weighted by Gasteiger charge is -2.28. The lowest BCUT2D eigenvalue weighted by molar-refractivity contribution is -0.220. The van der Waals surface area contributed by atoms with E-state index in [2.05, 4.69) is 0 Å². The molecule has 0 amide bonds. The van der Waals surface area contributed by atoms with E-state index in [4.69, 9.17) is 33.2 Å². The fourth-order valence-electron chi connectivity index (χ4n) is 2.00. The zero-order valence-corrected chi connectivity index (χ0v) is 18.6. The van der Waals surface area contributed by atoms with Crippen LogP contribution in [0.2, 0.25) is 0 Å². The highest BCUT2D eigenvalue weighted by atomic mass is 16.8. The smallest absolute Gasteiger partial charge is 0.318 e. The monoisotopic (exact) mass is 390 g/mol. The third kappa shape index (κ3) is 13.2. The standard InChI is InChI=1S/C20H38O7/c1-11-22-19(7,8)26-17(24-15(3)4)13-21-14-18(25-16(5)6)27-20(9,10)23-12-2/h13-16H,11-12H2,1-10H3. The maximum absolute atomic E-state index is 5.75. The van der Waals surface area contributed by atoms with Gasteiger partial charge in [-0.1, -0.05) is 0 Å². The summed E-state index contributed by atoms with van der Waals surface area (Å²) in [6, 6.07) is 0. The van der Waals surface area contributed by atoms with Gasteiger partial charge in [-0.05, 0) is 41.5 Å². The van der Waals surface area contributed by atoms with Crippen LogP contribution in [-0.2, 0) is 33.2 Å². The van der Waals surface area contributed by atoms with Crippen LogP contribution in [0, 0.1) is 0 Å². The van der Waals surface area contributed by atoms with Crippen LogP contribution in [0.5, 0.6) is 0 Å². The van der Waals surface area contributed by atoms with E-state index in [9.17, 15) is 0 Å². The molecular formula is C20H38O7. The Morgan fingerprint density at radius 2 is 1.04 bits per heavy atom. The molecule has 27 heavy (non-hydrogen) atoms. The van der Waals surface area contributed by atoms with Crippen molar-refractivity contribution in [1.29, 1.82) is 0 Å². The third-order valence-electron chi connectivity index (χ3n) is 2.71. The van der Waals surface area contributed by atoms with Crippen molar-refractivity contribution < 1.29 is 33.2 Å². The molecule has 0 aliphatic rings. The second-order valence-corrected chi connectivity index (χ2v) is 7.21. The third-order valence-corrected chi connectivity index (χ3v) is 2.71. The van der Waals surface area contributed by atoms with Gasteiger partial charge in [-0.25, -0.2) is 0 Å². The summed E-state index contributed by atoms with van der Waals surface area (Å²) < 4.78 is 39.3. The second kappa shape index (κ2) is 12.0. The average molecular weight is 391 g/mol. The second-order valence-electron chi connectivity index (χ2n) is 7.21. The molecule has 0 atom stereocenters. The first-order valence-electron chi connectivity index (χ1n) is 9.45. The first kappa shape index (κ1) is 25.4. The van der Waals surface area contributed by atoms with Crippen molar-refractivity contribution in [2.24, 2.45) is 0 Å². The first-order chi connectivity index (χ1) is 12.4. The Morgan fingerprint density at radius 1 is 0.704 bits per heavy atom. The summed E-state index contributed by atoms with van der Waals surface area (Å²) in [7, 11) is 0. The van der Waals surface area contributed by atoms with Crippen LogP contribution in [0.15, 0.2) is 24.4 Å². The van der Waals surface area contributed by atoms with E-state index in [-0.39, 0.29) is 24.1 Å². The quantitative estimate of drug-likeness (QED) is 0.304. The molecule has 0 aromatic heterocycles. The van der Waals surface area contributed by atoms with Gasteiger partial charge in [-0.15, -0.1) is 0 Å². The van der Waals surface area contributed by atoms with Gasteiger partial charge in [0.05, 0.1) is 12.2 Å². The maximum Gasteiger partial charge on any atom is 0.318 e. The van der Waals surface area contributed by atoms with Gasteiger partial charge in [0.2, 0.25) is 11.6 Å². The minimum atomic E-state index is -0.854. The van der Waals surface area contributed by atoms with Gasteiger partial charge in [0.15, 0.2) is 12.5 Å². The molecule has 0 heterocycles. The maximum atomic E-state index is 5.75. The van der Waals surface area contributed by atoms with Gasteiger partial charge < -0.3 is 33.2 Å². The molecule has 0 bridgehead atoms. The van der Waals surface area contributed by atoms with Crippen LogP contribution in [0.3, 0.4) is 0 Å². The molecule has 0 aliphatic carbocycles. The Bertz CT molecular complexity index is 423. The molecule has 7 nitrogen and oxygen atoms in total. The van der Waals surface area contributed by atoms with Crippen LogP contribution < -0.4 is 0 Å². The van der Waals surface area contributed by atoms with Crippen LogP contribution in [0.4, 0.5) is 0 Å². The van der Waals surface area contributed by atoms with E-state index in [0.29, 0.717) is 13.2 Å². The zero-order valence-electron chi connectivity index (χ0n) is 18.6. The van der Waals surface area contributed by atoms with Gasteiger partial charge in [-0.2, -0.15) is 0 Å². The summed E-state index contributed by atoms with van der Waals surface area (Å²) >= 11 is 0. The average Bonchev–Trinajstić information content (AvgIpc) is 2.44. The largest absolute Gasteiger partial charge is 0.460 e. The number of hydrogen-bond acceptors (Lipinski definition) is 7. The molecule has 0 rings (SSSR count). The zero-order chi connectivity index (χ0) is 21.1. The lowest BCUT2D eigenvalue weighted by Crippen LogP contribution is -2.29. The van der Waals surface area contributed by atoms with Crippen molar-refractivity contribution in [3.63, 3.8) is 0 Å². The highest BCUT2D eigenvalue weighted by molar-refractivity contribution is 4.86. The molecule has 0 N–H and O–H groups in total. The minimum absolute atomic E-state index is 0.0965. The minimum Gasteiger partial charge on any atom is -0.460 e. The normalized spacial score (nSPS) is 13.8. The Balaban J connectivity index is 5.25. The van der Waals surface area contributed by atoms with Crippen molar-refractivity contribution in [3.05, 3.63) is 24.4 Å². The van der Waals surface area contributed by atoms with E-state index in [1.54, 1.807) is 27.7 Å². The SMILES string of the molecule is CCOC(C)(C)OC(=COC=C(OC(C)C)OC(C)(C)OCC)OC(C)C. The Kier molecular flexibility index (Phi) is 11.3. The number of hydrogen-bond donors (Lipinski definition) is 0. The summed E-state index contributed by atoms with van der Waals surface area (Å²) in [5, 5.41) is 0. The Morgan fingerprint density at radius 3 is 1.30 bits per heavy atom. The van der Waals surface area contributed by atoms with Crippen LogP contribution >= 0.6 is 0 Å². The molecule has 0 aromatic carbocycles. The Labute approximate surface area is 164 Å². The van der Waals surface area contributed by atoms with Gasteiger partial charge >= 0.3 is 11.9 Å². The van der Waals surface area contributed by atoms with E-state index >= 15 is 0 Å². The fraction of sp³-hybridized carbons (Fsp3) is 0.800. The summed E-state index contributed by atoms with van der Waals surface area (Å²) in [5.41, 5.74) is 0. The van der Waals surface area contributed by atoms with E-state index < -0.39 is 11.6 Å². The Hall–Kier alpha value is -1.60. The summed E-state index contributed by atoms with van der Waals surface area (Å²) in [5.74, 6) is -1.33. The van der Waals surface area contributed by atoms with Gasteiger partial charge in [0.25, 0.3) is 0 Å². The summed E-state index contributed by atoms with van der Waals surface area (Å²) in [6.45, 7) is 19.6. The van der Waals surface area contributed by atoms with E-state index in [0.717, 1.165) is 0 Å². The van der Waals surface area contributed by atoms with Crippen LogP contribution in [0.1, 0.15) is 69.2 Å². The number of ether oxygens (including phenoxy) is 7. The van der Waals surface area contributed by atoms with Gasteiger partial charge in [0, 0.05) is 40.9 Å². The highest BCUT2D eigenvalue weighted by Gasteiger charge is 2.24. The molecule has 0 unspecified atom stereocenters. The van der Waals surface area contributed by atoms with Crippen molar-refractivity contribution in [3.8, 4) is 0 Å². The van der Waals surface area contributed by atoms with Crippen molar-refractivity contribution >= 4 is 0 Å². The molecule has 0 spiro atoms. The fourth-order valence-corrected chi connectivity index (χ4v) is 2.00. The predicted molar refractivity (Wildman–Crippen MR) is 103 cm³/mol. The van der Waals surface area contributed by atoms with Crippen LogP contribution in [-0.4, -0.2) is 37.0 Å². The predicted octanol–water partition coefficient (Wildman–Crippen LogP) is 5.03. The topological polar surface area (TPSA) is 64.6 Å². The van der Waals surface area contributed by atoms with Crippen molar-refractivity contribution in [1.82, 2.24) is 0 Å². The molecule has 0 radical (unpaired) electrons. The summed E-state index contributed by atoms with van der Waals surface area (Å²) in [4.78, 5) is 0. The molecule has 160 valence electrons. The van der Waals surface area contributed by atoms with Crippen molar-refractivity contribution in [2.45, 2.75) is 93.0 Å². The van der Waals surface area contributed by atoms with Crippen molar-refractivity contribution in [2.75, 3.05) is 13.2 Å². The lowest BCUT2D eigenvalue weighted by atomic mass is 10.4.